The number of thioether (sulfide) groups is 1. The Balaban J connectivity index is 2.08. The van der Waals surface area contributed by atoms with Crippen molar-refractivity contribution < 1.29 is 4.79 Å². The van der Waals surface area contributed by atoms with E-state index in [1.807, 2.05) is 6.07 Å². The molecular weight excluding hydrogens is 258 g/mol. The van der Waals surface area contributed by atoms with Crippen LogP contribution in [0, 0.1) is 11.3 Å². The van der Waals surface area contributed by atoms with Gasteiger partial charge in [-0.25, -0.2) is 0 Å². The van der Waals surface area contributed by atoms with E-state index in [0.717, 1.165) is 11.6 Å². The molecule has 0 spiro atoms. The van der Waals surface area contributed by atoms with Crippen LogP contribution in [0.4, 0.5) is 5.69 Å². The topological polar surface area (TPSA) is 64.9 Å². The summed E-state index contributed by atoms with van der Waals surface area (Å²) < 4.78 is 0. The minimum Gasteiger partial charge on any atom is -0.325 e. The molecule has 88 valence electrons. The highest BCUT2D eigenvalue weighted by molar-refractivity contribution is 7.99. The number of anilines is 1. The zero-order chi connectivity index (χ0) is 12.3. The molecule has 2 N–H and O–H groups in total. The van der Waals surface area contributed by atoms with Crippen molar-refractivity contribution in [3.05, 3.63) is 28.8 Å². The number of nitriles is 1. The molecule has 0 aliphatic carbocycles. The van der Waals surface area contributed by atoms with Crippen LogP contribution in [0.1, 0.15) is 5.56 Å². The fourth-order valence-electron chi connectivity index (χ4n) is 1.48. The van der Waals surface area contributed by atoms with Crippen LogP contribution in [0.25, 0.3) is 0 Å². The van der Waals surface area contributed by atoms with Gasteiger partial charge in [0, 0.05) is 17.3 Å². The third kappa shape index (κ3) is 2.91. The minimum absolute atomic E-state index is 0.0822. The number of carbonyl (C=O) groups excluding carboxylic acids is 1. The second-order valence-corrected chi connectivity index (χ2v) is 5.00. The average Bonchev–Trinajstić information content (AvgIpc) is 2.85. The van der Waals surface area contributed by atoms with Gasteiger partial charge in [0.2, 0.25) is 5.91 Å². The van der Waals surface area contributed by atoms with Crippen LogP contribution in [0.15, 0.2) is 18.2 Å². The summed E-state index contributed by atoms with van der Waals surface area (Å²) in [5, 5.41) is 15.1. The largest absolute Gasteiger partial charge is 0.325 e. The summed E-state index contributed by atoms with van der Waals surface area (Å²) in [5.41, 5.74) is 0.952. The summed E-state index contributed by atoms with van der Waals surface area (Å²) in [5.74, 6) is 1.48. The predicted molar refractivity (Wildman–Crippen MR) is 69.0 cm³/mol. The van der Waals surface area contributed by atoms with Crippen LogP contribution in [0.5, 0.6) is 0 Å². The summed E-state index contributed by atoms with van der Waals surface area (Å²) in [6.45, 7) is 0. The van der Waals surface area contributed by atoms with E-state index in [2.05, 4.69) is 10.6 Å². The van der Waals surface area contributed by atoms with Gasteiger partial charge in [-0.05, 0) is 18.2 Å². The molecule has 1 aromatic carbocycles. The number of halogens is 1. The molecule has 17 heavy (non-hydrogen) atoms. The summed E-state index contributed by atoms with van der Waals surface area (Å²) >= 11 is 7.49. The Labute approximate surface area is 108 Å². The van der Waals surface area contributed by atoms with Gasteiger partial charge in [-0.1, -0.05) is 11.6 Å². The summed E-state index contributed by atoms with van der Waals surface area (Å²) in [4.78, 5) is 11.8. The maximum absolute atomic E-state index is 11.8. The lowest BCUT2D eigenvalue weighted by Crippen LogP contribution is -2.37. The van der Waals surface area contributed by atoms with Gasteiger partial charge in [0.1, 0.15) is 6.07 Å². The monoisotopic (exact) mass is 267 g/mol. The van der Waals surface area contributed by atoms with Crippen LogP contribution >= 0.6 is 23.4 Å². The SMILES string of the molecule is N#Cc1cc(NC(=O)C2CSCN2)ccc1Cl. The van der Waals surface area contributed by atoms with Gasteiger partial charge < -0.3 is 5.32 Å². The lowest BCUT2D eigenvalue weighted by molar-refractivity contribution is -0.117. The molecule has 1 aliphatic rings. The van der Waals surface area contributed by atoms with Crippen LogP contribution in [-0.4, -0.2) is 23.6 Å². The molecular formula is C11H10ClN3OS. The highest BCUT2D eigenvalue weighted by Crippen LogP contribution is 2.20. The Morgan fingerprint density at radius 3 is 3.12 bits per heavy atom. The lowest BCUT2D eigenvalue weighted by Gasteiger charge is -2.10. The van der Waals surface area contributed by atoms with Gasteiger partial charge in [0.05, 0.1) is 16.6 Å². The standard InChI is InChI=1S/C11H10ClN3OS/c12-9-2-1-8(3-7(9)4-13)15-11(16)10-5-17-6-14-10/h1-3,10,14H,5-6H2,(H,15,16). The molecule has 0 radical (unpaired) electrons. The Bertz CT molecular complexity index is 480. The minimum atomic E-state index is -0.166. The van der Waals surface area contributed by atoms with Crippen molar-refractivity contribution in [3.8, 4) is 6.07 Å². The maximum atomic E-state index is 11.8. The maximum Gasteiger partial charge on any atom is 0.242 e. The average molecular weight is 268 g/mol. The van der Waals surface area contributed by atoms with Gasteiger partial charge in [0.15, 0.2) is 0 Å². The molecule has 2 rings (SSSR count). The van der Waals surface area contributed by atoms with Crippen LogP contribution in [-0.2, 0) is 4.79 Å². The van der Waals surface area contributed by atoms with Gasteiger partial charge >= 0.3 is 0 Å². The molecule has 1 unspecified atom stereocenters. The quantitative estimate of drug-likeness (QED) is 0.858. The van der Waals surface area contributed by atoms with Crippen LogP contribution < -0.4 is 10.6 Å². The zero-order valence-corrected chi connectivity index (χ0v) is 10.4. The normalized spacial score (nSPS) is 18.7. The third-order valence-electron chi connectivity index (χ3n) is 2.39. The fourth-order valence-corrected chi connectivity index (χ4v) is 2.58. The molecule has 0 aromatic heterocycles. The first kappa shape index (κ1) is 12.2. The number of nitrogens with one attached hydrogen (secondary N) is 2. The molecule has 1 aliphatic heterocycles. The second kappa shape index (κ2) is 5.41. The van der Waals surface area contributed by atoms with E-state index in [1.54, 1.807) is 30.0 Å². The van der Waals surface area contributed by atoms with Crippen molar-refractivity contribution in [3.63, 3.8) is 0 Å². The smallest absolute Gasteiger partial charge is 0.242 e. The van der Waals surface area contributed by atoms with E-state index in [9.17, 15) is 4.79 Å². The Morgan fingerprint density at radius 2 is 2.47 bits per heavy atom. The van der Waals surface area contributed by atoms with E-state index in [0.29, 0.717) is 16.3 Å². The van der Waals surface area contributed by atoms with Gasteiger partial charge in [-0.3, -0.25) is 10.1 Å². The Kier molecular flexibility index (Phi) is 3.89. The van der Waals surface area contributed by atoms with Crippen molar-refractivity contribution in [2.24, 2.45) is 0 Å². The number of rotatable bonds is 2. The predicted octanol–water partition coefficient (Wildman–Crippen LogP) is 1.81. The van der Waals surface area contributed by atoms with E-state index in [1.165, 1.54) is 0 Å². The number of hydrogen-bond acceptors (Lipinski definition) is 4. The third-order valence-corrected chi connectivity index (χ3v) is 3.66. The highest BCUT2D eigenvalue weighted by Gasteiger charge is 2.22. The number of benzene rings is 1. The van der Waals surface area contributed by atoms with Crippen LogP contribution in [0.2, 0.25) is 5.02 Å². The molecule has 1 heterocycles. The molecule has 1 amide bonds. The van der Waals surface area contributed by atoms with Crippen LogP contribution in [0.3, 0.4) is 0 Å². The number of hydrogen-bond donors (Lipinski definition) is 2. The van der Waals surface area contributed by atoms with Crippen molar-refractivity contribution in [2.75, 3.05) is 16.9 Å². The first-order valence-corrected chi connectivity index (χ1v) is 6.55. The molecule has 1 fully saturated rings. The number of amides is 1. The summed E-state index contributed by atoms with van der Waals surface area (Å²) in [6.07, 6.45) is 0. The van der Waals surface area contributed by atoms with E-state index >= 15 is 0 Å². The Morgan fingerprint density at radius 1 is 1.65 bits per heavy atom. The lowest BCUT2D eigenvalue weighted by atomic mass is 10.2. The highest BCUT2D eigenvalue weighted by atomic mass is 35.5. The first-order chi connectivity index (χ1) is 8.20. The fraction of sp³-hybridized carbons (Fsp3) is 0.273. The molecule has 0 bridgehead atoms. The second-order valence-electron chi connectivity index (χ2n) is 3.57. The number of nitrogens with zero attached hydrogens (tertiary/aromatic N) is 1. The molecule has 6 heteroatoms. The van der Waals surface area contributed by atoms with Crippen molar-refractivity contribution in [2.45, 2.75) is 6.04 Å². The zero-order valence-electron chi connectivity index (χ0n) is 8.87. The van der Waals surface area contributed by atoms with E-state index < -0.39 is 0 Å². The molecule has 1 saturated heterocycles. The van der Waals surface area contributed by atoms with Crippen molar-refractivity contribution in [1.29, 1.82) is 5.26 Å². The summed E-state index contributed by atoms with van der Waals surface area (Å²) in [7, 11) is 0. The molecule has 0 saturated carbocycles. The molecule has 1 atom stereocenters. The first-order valence-electron chi connectivity index (χ1n) is 5.02. The van der Waals surface area contributed by atoms with Crippen molar-refractivity contribution in [1.82, 2.24) is 5.32 Å². The van der Waals surface area contributed by atoms with Gasteiger partial charge in [-0.2, -0.15) is 5.26 Å². The van der Waals surface area contributed by atoms with Gasteiger partial charge in [0.25, 0.3) is 0 Å². The molecule has 4 nitrogen and oxygen atoms in total. The molecule has 1 aromatic rings. The van der Waals surface area contributed by atoms with Gasteiger partial charge in [-0.15, -0.1) is 11.8 Å². The van der Waals surface area contributed by atoms with E-state index in [4.69, 9.17) is 16.9 Å². The Hall–Kier alpha value is -1.22. The summed E-state index contributed by atoms with van der Waals surface area (Å²) in [6, 6.07) is 6.67. The number of carbonyl (C=O) groups is 1. The van der Waals surface area contributed by atoms with E-state index in [-0.39, 0.29) is 11.9 Å². The van der Waals surface area contributed by atoms with Crippen molar-refractivity contribution >= 4 is 35.0 Å².